The third-order valence-electron chi connectivity index (χ3n) is 7.80. The number of anilines is 1. The Balaban J connectivity index is 1.44. The lowest BCUT2D eigenvalue weighted by atomic mass is 9.96. The highest BCUT2D eigenvalue weighted by atomic mass is 16.5. The standard InChI is InChI=1S/C26H38N4O4/c1-5-17(3)22(26(33)30-15-18(4)24-23(30)21(31)16-34-24)27-25(32)19-7-9-20(10-8-19)29-13-11-28(6-2)12-14-29/h7-10,17-18,22-24H,5-6,11-16H2,1-4H3,(H,27,32)/t17-,18+,22-,23+,24?/m0/s1. The van der Waals surface area contributed by atoms with Crippen LogP contribution in [0.2, 0.25) is 0 Å². The summed E-state index contributed by atoms with van der Waals surface area (Å²) in [6, 6.07) is 6.42. The molecule has 3 aliphatic heterocycles. The average Bonchev–Trinajstić information content (AvgIpc) is 3.41. The summed E-state index contributed by atoms with van der Waals surface area (Å²) in [4.78, 5) is 45.5. The van der Waals surface area contributed by atoms with Crippen molar-refractivity contribution in [3.8, 4) is 0 Å². The topological polar surface area (TPSA) is 82.2 Å². The summed E-state index contributed by atoms with van der Waals surface area (Å²) in [5, 5.41) is 2.98. The maximum Gasteiger partial charge on any atom is 0.251 e. The maximum atomic E-state index is 13.6. The number of likely N-dealkylation sites (tertiary alicyclic amines) is 1. The number of ketones is 1. The quantitative estimate of drug-likeness (QED) is 0.654. The highest BCUT2D eigenvalue weighted by Gasteiger charge is 2.51. The van der Waals surface area contributed by atoms with Gasteiger partial charge in [-0.3, -0.25) is 14.4 Å². The molecule has 8 heteroatoms. The summed E-state index contributed by atoms with van der Waals surface area (Å²) in [6.07, 6.45) is 0.498. The maximum absolute atomic E-state index is 13.6. The second kappa shape index (κ2) is 10.4. The number of Topliss-reactive ketones (excluding diaryl/α,β-unsaturated/α-hetero) is 1. The Hall–Kier alpha value is -2.45. The zero-order valence-electron chi connectivity index (χ0n) is 20.8. The molecule has 0 bridgehead atoms. The molecule has 0 aliphatic carbocycles. The summed E-state index contributed by atoms with van der Waals surface area (Å²) in [6.45, 7) is 13.8. The Morgan fingerprint density at radius 2 is 1.79 bits per heavy atom. The molecular formula is C26H38N4O4. The van der Waals surface area contributed by atoms with Gasteiger partial charge in [-0.15, -0.1) is 0 Å². The molecule has 0 radical (unpaired) electrons. The van der Waals surface area contributed by atoms with E-state index in [-0.39, 0.29) is 42.1 Å². The predicted octanol–water partition coefficient (Wildman–Crippen LogP) is 1.79. The number of carbonyl (C=O) groups is 3. The van der Waals surface area contributed by atoms with Crippen LogP contribution in [0.25, 0.3) is 0 Å². The van der Waals surface area contributed by atoms with Crippen LogP contribution in [-0.2, 0) is 14.3 Å². The van der Waals surface area contributed by atoms with Crippen LogP contribution < -0.4 is 10.2 Å². The van der Waals surface area contributed by atoms with Gasteiger partial charge in [-0.05, 0) is 36.7 Å². The molecule has 34 heavy (non-hydrogen) atoms. The van der Waals surface area contributed by atoms with Crippen molar-refractivity contribution in [2.75, 3.05) is 50.8 Å². The van der Waals surface area contributed by atoms with E-state index in [1.165, 1.54) is 0 Å². The van der Waals surface area contributed by atoms with E-state index in [0.29, 0.717) is 12.1 Å². The van der Waals surface area contributed by atoms with Gasteiger partial charge in [-0.25, -0.2) is 0 Å². The Morgan fingerprint density at radius 3 is 2.41 bits per heavy atom. The number of amides is 2. The summed E-state index contributed by atoms with van der Waals surface area (Å²) in [7, 11) is 0. The number of fused-ring (bicyclic) bond motifs is 1. The molecule has 1 unspecified atom stereocenters. The molecular weight excluding hydrogens is 432 g/mol. The number of ether oxygens (including phenoxy) is 1. The van der Waals surface area contributed by atoms with Crippen molar-refractivity contribution >= 4 is 23.3 Å². The fraction of sp³-hybridized carbons (Fsp3) is 0.654. The number of piperazine rings is 1. The van der Waals surface area contributed by atoms with Crippen LogP contribution in [0.3, 0.4) is 0 Å². The Labute approximate surface area is 202 Å². The molecule has 186 valence electrons. The second-order valence-electron chi connectivity index (χ2n) is 9.96. The number of nitrogens with zero attached hydrogens (tertiary/aromatic N) is 3. The van der Waals surface area contributed by atoms with Crippen LogP contribution in [-0.4, -0.2) is 91.5 Å². The molecule has 1 aromatic rings. The smallest absolute Gasteiger partial charge is 0.251 e. The molecule has 1 N–H and O–H groups in total. The first-order chi connectivity index (χ1) is 16.3. The molecule has 0 aromatic heterocycles. The molecule has 2 amide bonds. The first-order valence-electron chi connectivity index (χ1n) is 12.7. The lowest BCUT2D eigenvalue weighted by Crippen LogP contribution is -2.54. The van der Waals surface area contributed by atoms with Crippen molar-refractivity contribution in [1.82, 2.24) is 15.1 Å². The van der Waals surface area contributed by atoms with E-state index in [9.17, 15) is 14.4 Å². The SMILES string of the molecule is CC[C@H](C)[C@H](NC(=O)c1ccc(N2CCN(CC)CC2)cc1)C(=O)N1C[C@@H](C)C2OCC(=O)[C@H]21. The van der Waals surface area contributed by atoms with Crippen LogP contribution in [0.4, 0.5) is 5.69 Å². The summed E-state index contributed by atoms with van der Waals surface area (Å²) in [5.74, 6) is -0.463. The van der Waals surface area contributed by atoms with E-state index in [4.69, 9.17) is 4.74 Å². The molecule has 0 spiro atoms. The first-order valence-corrected chi connectivity index (χ1v) is 12.7. The second-order valence-corrected chi connectivity index (χ2v) is 9.96. The number of carbonyl (C=O) groups excluding carboxylic acids is 3. The van der Waals surface area contributed by atoms with Gasteiger partial charge in [0.2, 0.25) is 5.91 Å². The third-order valence-corrected chi connectivity index (χ3v) is 7.80. The van der Waals surface area contributed by atoms with Gasteiger partial charge in [0, 0.05) is 49.9 Å². The molecule has 1 aromatic carbocycles. The number of hydrogen-bond donors (Lipinski definition) is 1. The fourth-order valence-electron chi connectivity index (χ4n) is 5.35. The zero-order chi connectivity index (χ0) is 24.4. The van der Waals surface area contributed by atoms with Crippen molar-refractivity contribution in [1.29, 1.82) is 0 Å². The van der Waals surface area contributed by atoms with Crippen LogP contribution in [0.1, 0.15) is 44.5 Å². The monoisotopic (exact) mass is 470 g/mol. The van der Waals surface area contributed by atoms with Gasteiger partial charge in [-0.2, -0.15) is 0 Å². The minimum absolute atomic E-state index is 0.0488. The van der Waals surface area contributed by atoms with Gasteiger partial charge in [-0.1, -0.05) is 34.1 Å². The highest BCUT2D eigenvalue weighted by Crippen LogP contribution is 2.32. The third kappa shape index (κ3) is 4.84. The molecule has 3 aliphatic rings. The van der Waals surface area contributed by atoms with E-state index in [1.807, 2.05) is 45.0 Å². The van der Waals surface area contributed by atoms with Gasteiger partial charge in [0.1, 0.15) is 18.7 Å². The van der Waals surface area contributed by atoms with E-state index in [0.717, 1.165) is 44.8 Å². The zero-order valence-corrected chi connectivity index (χ0v) is 20.8. The van der Waals surface area contributed by atoms with Gasteiger partial charge in [0.25, 0.3) is 5.91 Å². The summed E-state index contributed by atoms with van der Waals surface area (Å²) in [5.41, 5.74) is 1.64. The molecule has 4 rings (SSSR count). The Kier molecular flexibility index (Phi) is 7.57. The van der Waals surface area contributed by atoms with Gasteiger partial charge < -0.3 is 24.8 Å². The van der Waals surface area contributed by atoms with Crippen LogP contribution in [0.15, 0.2) is 24.3 Å². The first kappa shape index (κ1) is 24.7. The minimum atomic E-state index is -0.682. The van der Waals surface area contributed by atoms with Crippen molar-refractivity contribution in [2.24, 2.45) is 11.8 Å². The van der Waals surface area contributed by atoms with Gasteiger partial charge in [0.05, 0.1) is 6.10 Å². The van der Waals surface area contributed by atoms with E-state index < -0.39 is 12.1 Å². The molecule has 3 saturated heterocycles. The normalized spacial score (nSPS) is 26.9. The largest absolute Gasteiger partial charge is 0.369 e. The lowest BCUT2D eigenvalue weighted by Gasteiger charge is -2.35. The van der Waals surface area contributed by atoms with Crippen molar-refractivity contribution in [2.45, 2.75) is 52.3 Å². The number of nitrogens with one attached hydrogen (secondary N) is 1. The van der Waals surface area contributed by atoms with Crippen LogP contribution in [0.5, 0.6) is 0 Å². The van der Waals surface area contributed by atoms with E-state index >= 15 is 0 Å². The average molecular weight is 471 g/mol. The number of rotatable bonds is 7. The molecule has 3 heterocycles. The minimum Gasteiger partial charge on any atom is -0.369 e. The Bertz CT molecular complexity index is 897. The van der Waals surface area contributed by atoms with Crippen molar-refractivity contribution in [3.05, 3.63) is 29.8 Å². The Morgan fingerprint density at radius 1 is 1.12 bits per heavy atom. The number of benzene rings is 1. The molecule has 8 nitrogen and oxygen atoms in total. The van der Waals surface area contributed by atoms with Gasteiger partial charge in [0.15, 0.2) is 5.78 Å². The van der Waals surface area contributed by atoms with Gasteiger partial charge >= 0.3 is 0 Å². The molecule has 3 fully saturated rings. The van der Waals surface area contributed by atoms with Crippen LogP contribution >= 0.6 is 0 Å². The lowest BCUT2D eigenvalue weighted by molar-refractivity contribution is -0.139. The molecule has 0 saturated carbocycles. The van der Waals surface area contributed by atoms with Crippen molar-refractivity contribution in [3.63, 3.8) is 0 Å². The summed E-state index contributed by atoms with van der Waals surface area (Å²) < 4.78 is 5.63. The predicted molar refractivity (Wildman–Crippen MR) is 131 cm³/mol. The van der Waals surface area contributed by atoms with E-state index in [2.05, 4.69) is 22.0 Å². The molecule has 5 atom stereocenters. The summed E-state index contributed by atoms with van der Waals surface area (Å²) >= 11 is 0. The highest BCUT2D eigenvalue weighted by molar-refractivity contribution is 5.99. The fourth-order valence-corrected chi connectivity index (χ4v) is 5.35. The van der Waals surface area contributed by atoms with E-state index in [1.54, 1.807) is 4.90 Å². The van der Waals surface area contributed by atoms with Crippen LogP contribution in [0, 0.1) is 11.8 Å². The van der Waals surface area contributed by atoms with Crippen molar-refractivity contribution < 1.29 is 19.1 Å². The number of likely N-dealkylation sites (N-methyl/N-ethyl adjacent to an activating group) is 1. The number of hydrogen-bond acceptors (Lipinski definition) is 6.